The zero-order chi connectivity index (χ0) is 27.2. The van der Waals surface area contributed by atoms with Crippen LogP contribution < -0.4 is 5.32 Å². The van der Waals surface area contributed by atoms with Crippen LogP contribution in [0.2, 0.25) is 0 Å². The lowest BCUT2D eigenvalue weighted by Crippen LogP contribution is -2.52. The second-order valence-electron chi connectivity index (χ2n) is 9.78. The minimum atomic E-state index is -3.93. The predicted molar refractivity (Wildman–Crippen MR) is 147 cm³/mol. The van der Waals surface area contributed by atoms with E-state index in [1.165, 1.54) is 11.9 Å². The minimum Gasteiger partial charge on any atom is -0.354 e. The number of amides is 2. The largest absolute Gasteiger partial charge is 0.354 e. The number of rotatable bonds is 11. The van der Waals surface area contributed by atoms with Crippen molar-refractivity contribution in [1.29, 1.82) is 0 Å². The van der Waals surface area contributed by atoms with Crippen molar-refractivity contribution in [2.75, 3.05) is 20.1 Å². The molecular formula is C29H37N3O4S. The molecule has 1 atom stereocenters. The average Bonchev–Trinajstić information content (AvgIpc) is 2.87. The third-order valence-corrected chi connectivity index (χ3v) is 8.26. The third kappa shape index (κ3) is 6.96. The molecule has 3 aromatic carbocycles. The number of likely N-dealkylation sites (N-methyl/N-ethyl adjacent to an activating group) is 1. The summed E-state index contributed by atoms with van der Waals surface area (Å²) in [6.07, 6.45) is 0.405. The molecule has 198 valence electrons. The van der Waals surface area contributed by atoms with E-state index in [1.807, 2.05) is 76.2 Å². The number of carbonyl (C=O) groups is 2. The fourth-order valence-corrected chi connectivity index (χ4v) is 5.34. The standard InChI is InChI=1S/C29H37N3O4S/c1-6-27(29(34)30-18-21(2)3)32(19-25-14-8-7-11-22(25)4)28(33)20-31(5)37(35,36)26-16-15-23-12-9-10-13-24(23)17-26/h7-17,21,27H,6,18-20H2,1-5H3,(H,30,34)/t27-/m1/s1. The van der Waals surface area contributed by atoms with Crippen LogP contribution in [0, 0.1) is 12.8 Å². The number of hydrogen-bond acceptors (Lipinski definition) is 4. The average molecular weight is 524 g/mol. The Morgan fingerprint density at radius 2 is 1.59 bits per heavy atom. The van der Waals surface area contributed by atoms with Crippen LogP contribution in [0.15, 0.2) is 71.6 Å². The Kier molecular flexibility index (Phi) is 9.45. The van der Waals surface area contributed by atoms with Crippen LogP contribution in [0.25, 0.3) is 10.8 Å². The van der Waals surface area contributed by atoms with Crippen LogP contribution in [-0.2, 0) is 26.2 Å². The number of carbonyl (C=O) groups excluding carboxylic acids is 2. The lowest BCUT2D eigenvalue weighted by atomic mass is 10.1. The van der Waals surface area contributed by atoms with Crippen molar-refractivity contribution in [2.45, 2.75) is 51.6 Å². The van der Waals surface area contributed by atoms with Crippen molar-refractivity contribution < 1.29 is 18.0 Å². The van der Waals surface area contributed by atoms with Gasteiger partial charge in [-0.25, -0.2) is 8.42 Å². The normalized spacial score (nSPS) is 12.6. The van der Waals surface area contributed by atoms with Crippen LogP contribution >= 0.6 is 0 Å². The monoisotopic (exact) mass is 523 g/mol. The molecule has 0 radical (unpaired) electrons. The molecule has 0 spiro atoms. The first-order valence-electron chi connectivity index (χ1n) is 12.6. The van der Waals surface area contributed by atoms with Gasteiger partial charge in [-0.2, -0.15) is 4.31 Å². The molecule has 0 aliphatic carbocycles. The molecule has 7 nitrogen and oxygen atoms in total. The highest BCUT2D eigenvalue weighted by atomic mass is 32.2. The smallest absolute Gasteiger partial charge is 0.243 e. The van der Waals surface area contributed by atoms with E-state index in [9.17, 15) is 18.0 Å². The Hall–Kier alpha value is -3.23. The molecule has 0 unspecified atom stereocenters. The molecule has 0 aliphatic heterocycles. The van der Waals surface area contributed by atoms with Crippen LogP contribution in [0.4, 0.5) is 0 Å². The second kappa shape index (κ2) is 12.3. The summed E-state index contributed by atoms with van der Waals surface area (Å²) in [5, 5.41) is 4.67. The van der Waals surface area contributed by atoms with E-state index in [2.05, 4.69) is 5.32 Å². The molecule has 0 saturated heterocycles. The molecule has 0 saturated carbocycles. The summed E-state index contributed by atoms with van der Waals surface area (Å²) in [6.45, 7) is 8.14. The van der Waals surface area contributed by atoms with Gasteiger partial charge in [-0.3, -0.25) is 9.59 Å². The molecule has 2 amide bonds. The Balaban J connectivity index is 1.88. The van der Waals surface area contributed by atoms with Gasteiger partial charge in [0.25, 0.3) is 0 Å². The van der Waals surface area contributed by atoms with E-state index in [1.54, 1.807) is 18.2 Å². The molecule has 37 heavy (non-hydrogen) atoms. The molecule has 3 rings (SSSR count). The van der Waals surface area contributed by atoms with Gasteiger partial charge in [0, 0.05) is 20.1 Å². The second-order valence-corrected chi connectivity index (χ2v) is 11.8. The van der Waals surface area contributed by atoms with Crippen molar-refractivity contribution in [3.63, 3.8) is 0 Å². The van der Waals surface area contributed by atoms with E-state index in [0.29, 0.717) is 13.0 Å². The highest BCUT2D eigenvalue weighted by molar-refractivity contribution is 7.89. The number of nitrogens with zero attached hydrogens (tertiary/aromatic N) is 2. The van der Waals surface area contributed by atoms with Crippen molar-refractivity contribution in [3.8, 4) is 0 Å². The first kappa shape index (κ1) is 28.3. The zero-order valence-corrected chi connectivity index (χ0v) is 23.1. The first-order chi connectivity index (χ1) is 17.5. The van der Waals surface area contributed by atoms with E-state index >= 15 is 0 Å². The summed E-state index contributed by atoms with van der Waals surface area (Å²) in [5.41, 5.74) is 1.90. The van der Waals surface area contributed by atoms with Crippen LogP contribution in [0.5, 0.6) is 0 Å². The molecule has 0 aromatic heterocycles. The summed E-state index contributed by atoms with van der Waals surface area (Å²) in [5.74, 6) is -0.403. The topological polar surface area (TPSA) is 86.8 Å². The van der Waals surface area contributed by atoms with Crippen LogP contribution in [-0.4, -0.2) is 55.6 Å². The Morgan fingerprint density at radius 1 is 0.946 bits per heavy atom. The SMILES string of the molecule is CC[C@H](C(=O)NCC(C)C)N(Cc1ccccc1C)C(=O)CN(C)S(=O)(=O)c1ccc2ccccc2c1. The maximum Gasteiger partial charge on any atom is 0.243 e. The fraction of sp³-hybridized carbons (Fsp3) is 0.379. The van der Waals surface area contributed by atoms with Gasteiger partial charge in [0.15, 0.2) is 0 Å². The minimum absolute atomic E-state index is 0.119. The van der Waals surface area contributed by atoms with Gasteiger partial charge in [0.2, 0.25) is 21.8 Å². The summed E-state index contributed by atoms with van der Waals surface area (Å²) < 4.78 is 27.8. The fourth-order valence-electron chi connectivity index (χ4n) is 4.19. The highest BCUT2D eigenvalue weighted by Crippen LogP contribution is 2.22. The number of aryl methyl sites for hydroxylation is 1. The predicted octanol–water partition coefficient (Wildman–Crippen LogP) is 4.35. The maximum atomic E-state index is 13.6. The molecule has 0 fully saturated rings. The molecule has 0 heterocycles. The Morgan fingerprint density at radius 3 is 2.24 bits per heavy atom. The van der Waals surface area contributed by atoms with Gasteiger partial charge >= 0.3 is 0 Å². The Bertz CT molecular complexity index is 1350. The van der Waals surface area contributed by atoms with Crippen molar-refractivity contribution in [1.82, 2.24) is 14.5 Å². The van der Waals surface area contributed by atoms with Gasteiger partial charge in [-0.1, -0.05) is 75.4 Å². The van der Waals surface area contributed by atoms with E-state index in [0.717, 1.165) is 26.2 Å². The summed E-state index contributed by atoms with van der Waals surface area (Å²) in [4.78, 5) is 28.4. The third-order valence-electron chi connectivity index (χ3n) is 6.46. The van der Waals surface area contributed by atoms with E-state index < -0.39 is 22.0 Å². The van der Waals surface area contributed by atoms with Crippen molar-refractivity contribution >= 4 is 32.6 Å². The van der Waals surface area contributed by atoms with E-state index in [-0.39, 0.29) is 29.8 Å². The lowest BCUT2D eigenvalue weighted by Gasteiger charge is -2.32. The Labute approximate surface area is 220 Å². The summed E-state index contributed by atoms with van der Waals surface area (Å²) >= 11 is 0. The van der Waals surface area contributed by atoms with Gasteiger partial charge in [-0.05, 0) is 53.3 Å². The quantitative estimate of drug-likeness (QED) is 0.405. The highest BCUT2D eigenvalue weighted by Gasteiger charge is 2.32. The van der Waals surface area contributed by atoms with Crippen molar-refractivity contribution in [3.05, 3.63) is 77.9 Å². The molecule has 0 bridgehead atoms. The van der Waals surface area contributed by atoms with Gasteiger partial charge in [0.05, 0.1) is 11.4 Å². The number of benzene rings is 3. The van der Waals surface area contributed by atoms with Gasteiger partial charge in [-0.15, -0.1) is 0 Å². The molecule has 0 aliphatic rings. The van der Waals surface area contributed by atoms with Gasteiger partial charge in [0.1, 0.15) is 6.04 Å². The van der Waals surface area contributed by atoms with E-state index in [4.69, 9.17) is 0 Å². The molecule has 1 N–H and O–H groups in total. The zero-order valence-electron chi connectivity index (χ0n) is 22.3. The number of fused-ring (bicyclic) bond motifs is 1. The number of sulfonamides is 1. The van der Waals surface area contributed by atoms with Crippen LogP contribution in [0.3, 0.4) is 0 Å². The number of nitrogens with one attached hydrogen (secondary N) is 1. The summed E-state index contributed by atoms with van der Waals surface area (Å²) in [6, 6.07) is 19.4. The summed E-state index contributed by atoms with van der Waals surface area (Å²) in [7, 11) is -2.53. The van der Waals surface area contributed by atoms with Crippen molar-refractivity contribution in [2.24, 2.45) is 5.92 Å². The van der Waals surface area contributed by atoms with Crippen LogP contribution in [0.1, 0.15) is 38.3 Å². The van der Waals surface area contributed by atoms with Gasteiger partial charge < -0.3 is 10.2 Å². The lowest BCUT2D eigenvalue weighted by molar-refractivity contribution is -0.141. The molecule has 8 heteroatoms. The molecule has 3 aromatic rings. The first-order valence-corrected chi connectivity index (χ1v) is 14.1. The molecular weight excluding hydrogens is 486 g/mol. The maximum absolute atomic E-state index is 13.6. The number of hydrogen-bond donors (Lipinski definition) is 1.